The number of aromatic nitrogens is 2. The van der Waals surface area contributed by atoms with Gasteiger partial charge in [-0.15, -0.1) is 0 Å². The third-order valence-corrected chi connectivity index (χ3v) is 4.97. The molecule has 2 heterocycles. The molecule has 0 radical (unpaired) electrons. The fraction of sp³-hybridized carbons (Fsp3) is 0.227. The highest BCUT2D eigenvalue weighted by Gasteiger charge is 2.29. The van der Waals surface area contributed by atoms with Crippen LogP contribution in [0.15, 0.2) is 67.0 Å². The number of imidazole rings is 1. The summed E-state index contributed by atoms with van der Waals surface area (Å²) in [6, 6.07) is 19.3. The van der Waals surface area contributed by atoms with Crippen molar-refractivity contribution < 1.29 is 9.59 Å². The number of carbonyl (C=O) groups is 2. The van der Waals surface area contributed by atoms with Gasteiger partial charge < -0.3 is 15.2 Å². The lowest BCUT2D eigenvalue weighted by Crippen LogP contribution is -2.53. The monoisotopic (exact) mass is 374 g/mol. The Hall–Kier alpha value is -3.25. The number of amides is 1. The normalized spacial score (nSPS) is 16.7. The zero-order valence-corrected chi connectivity index (χ0v) is 15.5. The molecule has 0 saturated carbocycles. The number of rotatable bonds is 5. The molecule has 0 spiro atoms. The zero-order valence-electron chi connectivity index (χ0n) is 15.5. The number of hydrogen-bond acceptors (Lipinski definition) is 4. The minimum absolute atomic E-state index is 0.175. The average Bonchev–Trinajstić information content (AvgIpc) is 3.24. The van der Waals surface area contributed by atoms with Crippen molar-refractivity contribution in [3.05, 3.63) is 89.5 Å². The summed E-state index contributed by atoms with van der Waals surface area (Å²) in [4.78, 5) is 34.6. The third kappa shape index (κ3) is 3.87. The smallest absolute Gasteiger partial charge is 0.272 e. The molecule has 6 heteroatoms. The first-order valence-electron chi connectivity index (χ1n) is 9.42. The predicted molar refractivity (Wildman–Crippen MR) is 106 cm³/mol. The summed E-state index contributed by atoms with van der Waals surface area (Å²) in [7, 11) is 0. The van der Waals surface area contributed by atoms with E-state index in [1.54, 1.807) is 29.2 Å². The van der Waals surface area contributed by atoms with Gasteiger partial charge in [0, 0.05) is 31.2 Å². The maximum atomic E-state index is 13.1. The van der Waals surface area contributed by atoms with Crippen molar-refractivity contribution >= 4 is 11.7 Å². The number of piperazine rings is 1. The molecule has 1 aromatic heterocycles. The summed E-state index contributed by atoms with van der Waals surface area (Å²) in [6.07, 6.45) is 2.26. The number of carbonyl (C=O) groups excluding carboxylic acids is 2. The maximum Gasteiger partial charge on any atom is 0.272 e. The van der Waals surface area contributed by atoms with Gasteiger partial charge in [0.2, 0.25) is 5.78 Å². The minimum Gasteiger partial charge on any atom is -0.340 e. The largest absolute Gasteiger partial charge is 0.340 e. The van der Waals surface area contributed by atoms with Crippen LogP contribution in [0.25, 0.3) is 0 Å². The van der Waals surface area contributed by atoms with Crippen molar-refractivity contribution in [2.75, 3.05) is 19.6 Å². The average molecular weight is 374 g/mol. The molecule has 0 aliphatic carbocycles. The van der Waals surface area contributed by atoms with E-state index in [9.17, 15) is 9.59 Å². The Morgan fingerprint density at radius 2 is 1.75 bits per heavy atom. The van der Waals surface area contributed by atoms with Crippen molar-refractivity contribution in [2.45, 2.75) is 12.5 Å². The van der Waals surface area contributed by atoms with Gasteiger partial charge in [-0.3, -0.25) is 9.59 Å². The lowest BCUT2D eigenvalue weighted by molar-refractivity contribution is 0.0694. The summed E-state index contributed by atoms with van der Waals surface area (Å²) in [5.41, 5.74) is 2.19. The second kappa shape index (κ2) is 8.19. The predicted octanol–water partition coefficient (Wildman–Crippen LogP) is 2.30. The Bertz CT molecular complexity index is 953. The summed E-state index contributed by atoms with van der Waals surface area (Å²) >= 11 is 0. The number of hydrogen-bond donors (Lipinski definition) is 2. The van der Waals surface area contributed by atoms with E-state index in [2.05, 4.69) is 27.4 Å². The lowest BCUT2D eigenvalue weighted by Gasteiger charge is -2.33. The van der Waals surface area contributed by atoms with E-state index in [-0.39, 0.29) is 29.1 Å². The van der Waals surface area contributed by atoms with Crippen molar-refractivity contribution in [2.24, 2.45) is 0 Å². The van der Waals surface area contributed by atoms with E-state index in [1.807, 2.05) is 24.3 Å². The molecule has 2 aromatic carbocycles. The number of H-pyrrole nitrogens is 1. The van der Waals surface area contributed by atoms with E-state index >= 15 is 0 Å². The second-order valence-electron chi connectivity index (χ2n) is 6.91. The molecule has 1 amide bonds. The maximum absolute atomic E-state index is 13.1. The first kappa shape index (κ1) is 18.1. The summed E-state index contributed by atoms with van der Waals surface area (Å²) < 4.78 is 0. The van der Waals surface area contributed by atoms with Crippen LogP contribution in [0.1, 0.15) is 32.1 Å². The van der Waals surface area contributed by atoms with Gasteiger partial charge in [-0.1, -0.05) is 60.7 Å². The third-order valence-electron chi connectivity index (χ3n) is 4.97. The molecule has 1 aliphatic heterocycles. The molecule has 28 heavy (non-hydrogen) atoms. The molecular weight excluding hydrogens is 352 g/mol. The van der Waals surface area contributed by atoms with Gasteiger partial charge >= 0.3 is 0 Å². The van der Waals surface area contributed by atoms with Crippen molar-refractivity contribution in [1.82, 2.24) is 20.2 Å². The number of nitrogens with one attached hydrogen (secondary N) is 2. The van der Waals surface area contributed by atoms with E-state index in [1.165, 1.54) is 11.9 Å². The molecule has 0 bridgehead atoms. The number of ketones is 1. The zero-order chi connectivity index (χ0) is 19.3. The van der Waals surface area contributed by atoms with Crippen molar-refractivity contribution in [3.8, 4) is 0 Å². The molecule has 3 aromatic rings. The van der Waals surface area contributed by atoms with Crippen LogP contribution < -0.4 is 5.32 Å². The molecule has 142 valence electrons. The molecule has 4 rings (SSSR count). The van der Waals surface area contributed by atoms with Gasteiger partial charge in [0.15, 0.2) is 0 Å². The van der Waals surface area contributed by atoms with Crippen molar-refractivity contribution in [3.63, 3.8) is 0 Å². The fourth-order valence-electron chi connectivity index (χ4n) is 3.56. The van der Waals surface area contributed by atoms with Gasteiger partial charge in [-0.2, -0.15) is 0 Å². The van der Waals surface area contributed by atoms with Crippen molar-refractivity contribution in [1.29, 1.82) is 0 Å². The van der Waals surface area contributed by atoms with Crippen LogP contribution >= 0.6 is 0 Å². The standard InChI is InChI=1S/C22H22N4O2/c27-21(17-9-5-2-6-10-17)19-20(25-15-24-19)22(28)26-12-11-23-18(14-26)13-16-7-3-1-4-8-16/h1-10,15,18,23H,11-14H2,(H,24,25). The van der Waals surface area contributed by atoms with E-state index < -0.39 is 0 Å². The highest BCUT2D eigenvalue weighted by atomic mass is 16.2. The summed E-state index contributed by atoms with van der Waals surface area (Å²) in [5.74, 6) is -0.433. The molecule has 1 fully saturated rings. The van der Waals surface area contributed by atoms with Crippen LogP contribution in [-0.4, -0.2) is 52.2 Å². The topological polar surface area (TPSA) is 78.1 Å². The van der Waals surface area contributed by atoms with Gasteiger partial charge in [-0.25, -0.2) is 4.98 Å². The Morgan fingerprint density at radius 3 is 2.50 bits per heavy atom. The summed E-state index contributed by atoms with van der Waals surface area (Å²) in [5, 5.41) is 3.47. The second-order valence-corrected chi connectivity index (χ2v) is 6.91. The molecule has 1 unspecified atom stereocenters. The Labute approximate surface area is 163 Å². The lowest BCUT2D eigenvalue weighted by atomic mass is 10.0. The SMILES string of the molecule is O=C(c1ccccc1)c1nc[nH]c1C(=O)N1CCNC(Cc2ccccc2)C1. The van der Waals surface area contributed by atoms with Crippen LogP contribution in [0, 0.1) is 0 Å². The molecular formula is C22H22N4O2. The highest BCUT2D eigenvalue weighted by molar-refractivity contribution is 6.13. The number of aromatic amines is 1. The fourth-order valence-corrected chi connectivity index (χ4v) is 3.56. The van der Waals surface area contributed by atoms with Gasteiger partial charge in [0.05, 0.1) is 6.33 Å². The number of benzene rings is 2. The van der Waals surface area contributed by atoms with Crippen LogP contribution in [0.3, 0.4) is 0 Å². The molecule has 1 atom stereocenters. The summed E-state index contributed by atoms with van der Waals surface area (Å²) in [6.45, 7) is 1.91. The quantitative estimate of drug-likeness (QED) is 0.672. The van der Waals surface area contributed by atoms with Gasteiger partial charge in [0.25, 0.3) is 5.91 Å². The Morgan fingerprint density at radius 1 is 1.04 bits per heavy atom. The van der Waals surface area contributed by atoms with Gasteiger partial charge in [0.1, 0.15) is 11.4 Å². The molecule has 1 aliphatic rings. The minimum atomic E-state index is -0.249. The molecule has 1 saturated heterocycles. The van der Waals surface area contributed by atoms with E-state index in [0.717, 1.165) is 13.0 Å². The van der Waals surface area contributed by atoms with Crippen LogP contribution in [0.4, 0.5) is 0 Å². The molecule has 2 N–H and O–H groups in total. The Balaban J connectivity index is 1.49. The molecule has 6 nitrogen and oxygen atoms in total. The van der Waals surface area contributed by atoms with Gasteiger partial charge in [-0.05, 0) is 12.0 Å². The van der Waals surface area contributed by atoms with Crippen LogP contribution in [0.2, 0.25) is 0 Å². The van der Waals surface area contributed by atoms with Crippen LogP contribution in [-0.2, 0) is 6.42 Å². The Kier molecular flexibility index (Phi) is 5.30. The number of nitrogens with zero attached hydrogens (tertiary/aromatic N) is 2. The highest BCUT2D eigenvalue weighted by Crippen LogP contribution is 2.15. The first-order valence-corrected chi connectivity index (χ1v) is 9.42. The first-order chi connectivity index (χ1) is 13.7. The van der Waals surface area contributed by atoms with E-state index in [0.29, 0.717) is 18.7 Å². The van der Waals surface area contributed by atoms with Crippen LogP contribution in [0.5, 0.6) is 0 Å². The van der Waals surface area contributed by atoms with E-state index in [4.69, 9.17) is 0 Å².